The third-order valence-corrected chi connectivity index (χ3v) is 4.98. The van der Waals surface area contributed by atoms with Crippen molar-refractivity contribution >= 4 is 29.6 Å². The second-order valence-electron chi connectivity index (χ2n) is 8.63. The number of carboxylic acids is 2. The number of aryl methyl sites for hydroxylation is 2. The fourth-order valence-corrected chi connectivity index (χ4v) is 3.38. The third-order valence-electron chi connectivity index (χ3n) is 4.98. The summed E-state index contributed by atoms with van der Waals surface area (Å²) in [6.07, 6.45) is 4.51. The minimum Gasteiger partial charge on any atom is -0.481 e. The molecule has 0 spiro atoms. The maximum absolute atomic E-state index is 12.5. The Balaban J connectivity index is 0.00000133. The summed E-state index contributed by atoms with van der Waals surface area (Å²) in [5.74, 6) is -0.289. The van der Waals surface area contributed by atoms with E-state index in [1.54, 1.807) is 4.90 Å². The molecule has 12 heteroatoms. The lowest BCUT2D eigenvalue weighted by molar-refractivity contribution is -0.135. The molecule has 0 saturated carbocycles. The fraction of sp³-hybridized carbons (Fsp3) is 0.667. The first-order chi connectivity index (χ1) is 16.8. The summed E-state index contributed by atoms with van der Waals surface area (Å²) in [5.41, 5.74) is 6.96. The van der Waals surface area contributed by atoms with Gasteiger partial charge in [-0.05, 0) is 26.2 Å². The molecule has 12 nitrogen and oxygen atoms in total. The van der Waals surface area contributed by atoms with Crippen LogP contribution >= 0.6 is 0 Å². The number of nitrogens with zero attached hydrogens (tertiary/aromatic N) is 3. The molecule has 0 bridgehead atoms. The number of carbonyl (C=O) groups is 4. The molecular weight excluding hydrogens is 468 g/mol. The molecule has 1 aromatic heterocycles. The quantitative estimate of drug-likeness (QED) is 0.320. The van der Waals surface area contributed by atoms with Crippen LogP contribution in [-0.2, 0) is 25.6 Å². The van der Waals surface area contributed by atoms with Gasteiger partial charge in [0.2, 0.25) is 11.8 Å². The number of anilines is 1. The zero-order chi connectivity index (χ0) is 27.7. The van der Waals surface area contributed by atoms with E-state index in [4.69, 9.17) is 25.5 Å². The molecule has 2 atom stereocenters. The fourth-order valence-electron chi connectivity index (χ4n) is 3.38. The molecule has 0 radical (unpaired) electrons. The van der Waals surface area contributed by atoms with E-state index in [1.807, 2.05) is 13.0 Å². The maximum Gasteiger partial charge on any atom is 0.300 e. The molecule has 0 aliphatic carbocycles. The number of carboxylic acid groups (broad SMARTS) is 2. The van der Waals surface area contributed by atoms with Gasteiger partial charge in [-0.1, -0.05) is 13.3 Å². The first kappa shape index (κ1) is 32.7. The average Bonchev–Trinajstić information content (AvgIpc) is 2.96. The Morgan fingerprint density at radius 2 is 1.67 bits per heavy atom. The van der Waals surface area contributed by atoms with Gasteiger partial charge in [0.15, 0.2) is 0 Å². The van der Waals surface area contributed by atoms with Crippen molar-refractivity contribution in [1.82, 2.24) is 20.2 Å². The van der Waals surface area contributed by atoms with Crippen molar-refractivity contribution in [2.75, 3.05) is 31.5 Å². The second-order valence-corrected chi connectivity index (χ2v) is 8.63. The van der Waals surface area contributed by atoms with E-state index in [2.05, 4.69) is 27.5 Å². The van der Waals surface area contributed by atoms with Crippen molar-refractivity contribution in [2.24, 2.45) is 11.7 Å². The molecule has 36 heavy (non-hydrogen) atoms. The van der Waals surface area contributed by atoms with Crippen molar-refractivity contribution < 1.29 is 29.4 Å². The van der Waals surface area contributed by atoms with Gasteiger partial charge in [-0.15, -0.1) is 0 Å². The Morgan fingerprint density at radius 3 is 2.22 bits per heavy atom. The highest BCUT2D eigenvalue weighted by molar-refractivity contribution is 5.80. The van der Waals surface area contributed by atoms with E-state index < -0.39 is 11.9 Å². The highest BCUT2D eigenvalue weighted by Crippen LogP contribution is 2.16. The van der Waals surface area contributed by atoms with Gasteiger partial charge in [-0.2, -0.15) is 0 Å². The highest BCUT2D eigenvalue weighted by Gasteiger charge is 2.28. The van der Waals surface area contributed by atoms with Gasteiger partial charge in [0.1, 0.15) is 11.6 Å². The molecular formula is C24H42N6O6. The number of rotatable bonds is 8. The summed E-state index contributed by atoms with van der Waals surface area (Å²) in [6.45, 7) is 9.83. The predicted molar refractivity (Wildman–Crippen MR) is 136 cm³/mol. The van der Waals surface area contributed by atoms with Gasteiger partial charge in [-0.3, -0.25) is 19.2 Å². The van der Waals surface area contributed by atoms with Crippen LogP contribution in [0.3, 0.4) is 0 Å². The van der Waals surface area contributed by atoms with Gasteiger partial charge in [0, 0.05) is 71.2 Å². The van der Waals surface area contributed by atoms with E-state index >= 15 is 0 Å². The van der Waals surface area contributed by atoms with Crippen molar-refractivity contribution in [3.8, 4) is 0 Å². The Kier molecular flexibility index (Phi) is 16.4. The lowest BCUT2D eigenvalue weighted by atomic mass is 10.0. The molecule has 6 N–H and O–H groups in total. The highest BCUT2D eigenvalue weighted by atomic mass is 16.4. The zero-order valence-electron chi connectivity index (χ0n) is 22.0. The summed E-state index contributed by atoms with van der Waals surface area (Å²) in [5, 5.41) is 21.1. The van der Waals surface area contributed by atoms with Crippen LogP contribution in [-0.4, -0.2) is 81.1 Å². The van der Waals surface area contributed by atoms with E-state index in [1.165, 1.54) is 6.92 Å². The molecule has 2 rings (SSSR count). The molecule has 1 saturated heterocycles. The topological polar surface area (TPSA) is 188 Å². The summed E-state index contributed by atoms with van der Waals surface area (Å²) in [6, 6.07) is 1.85. The van der Waals surface area contributed by atoms with Crippen LogP contribution in [0.4, 0.5) is 5.82 Å². The summed E-state index contributed by atoms with van der Waals surface area (Å²) in [7, 11) is 0. The van der Waals surface area contributed by atoms with Gasteiger partial charge in [-0.25, -0.2) is 9.97 Å². The Hall–Kier alpha value is -3.28. The van der Waals surface area contributed by atoms with Crippen LogP contribution in [0.25, 0.3) is 0 Å². The second kappa shape index (κ2) is 18.1. The van der Waals surface area contributed by atoms with E-state index in [9.17, 15) is 9.59 Å². The SMILES string of the molecule is CC(=O)O.CC(=O)O.CCCCc1nc(C)cc(NCCNC(=O)[C@@H]2CC[C@H](N)CN(C(C)=O)C2)n1. The lowest BCUT2D eigenvalue weighted by Gasteiger charge is -2.23. The number of hydrogen-bond acceptors (Lipinski definition) is 8. The predicted octanol–water partition coefficient (Wildman–Crippen LogP) is 1.42. The normalized spacial score (nSPS) is 16.8. The van der Waals surface area contributed by atoms with Gasteiger partial charge < -0.3 is 31.5 Å². The average molecular weight is 511 g/mol. The molecule has 204 valence electrons. The van der Waals surface area contributed by atoms with Crippen molar-refractivity contribution in [1.29, 1.82) is 0 Å². The monoisotopic (exact) mass is 510 g/mol. The van der Waals surface area contributed by atoms with Gasteiger partial charge in [0.05, 0.1) is 5.92 Å². The van der Waals surface area contributed by atoms with E-state index in [0.29, 0.717) is 32.6 Å². The molecule has 1 aromatic rings. The van der Waals surface area contributed by atoms with Crippen LogP contribution in [0.2, 0.25) is 0 Å². The standard InChI is InChI=1S/C20H34N6O2.2C2H4O2/c1-4-5-6-18-24-14(2)11-19(25-18)22-9-10-23-20(28)16-7-8-17(21)13-26(12-16)15(3)27;2*1-2(3)4/h11,16-17H,4-10,12-13,21H2,1-3H3,(H,23,28)(H,22,24,25);2*1H3,(H,3,4)/t16-,17+;;/m1../s1. The number of aromatic nitrogens is 2. The zero-order valence-corrected chi connectivity index (χ0v) is 22.0. The molecule has 2 amide bonds. The molecule has 2 heterocycles. The minimum absolute atomic E-state index is 0.0235. The molecule has 1 fully saturated rings. The molecule has 0 aromatic carbocycles. The number of nitrogens with two attached hydrogens (primary N) is 1. The van der Waals surface area contributed by atoms with Crippen molar-refractivity contribution in [3.63, 3.8) is 0 Å². The van der Waals surface area contributed by atoms with Crippen molar-refractivity contribution in [2.45, 2.75) is 72.8 Å². The van der Waals surface area contributed by atoms with Gasteiger partial charge >= 0.3 is 0 Å². The summed E-state index contributed by atoms with van der Waals surface area (Å²) < 4.78 is 0. The third kappa shape index (κ3) is 16.4. The number of amides is 2. The Labute approximate surface area is 213 Å². The maximum atomic E-state index is 12.5. The smallest absolute Gasteiger partial charge is 0.300 e. The molecule has 1 aliphatic rings. The van der Waals surface area contributed by atoms with Crippen LogP contribution in [0.15, 0.2) is 6.07 Å². The van der Waals surface area contributed by atoms with Crippen LogP contribution in [0.1, 0.15) is 64.9 Å². The van der Waals surface area contributed by atoms with Crippen LogP contribution in [0, 0.1) is 12.8 Å². The number of likely N-dealkylation sites (tertiary alicyclic amines) is 1. The van der Waals surface area contributed by atoms with E-state index in [-0.39, 0.29) is 23.8 Å². The molecule has 0 unspecified atom stereocenters. The number of nitrogens with one attached hydrogen (secondary N) is 2. The summed E-state index contributed by atoms with van der Waals surface area (Å²) >= 11 is 0. The number of hydrogen-bond donors (Lipinski definition) is 5. The number of carbonyl (C=O) groups excluding carboxylic acids is 2. The Morgan fingerprint density at radius 1 is 1.06 bits per heavy atom. The van der Waals surface area contributed by atoms with Crippen LogP contribution in [0.5, 0.6) is 0 Å². The first-order valence-corrected chi connectivity index (χ1v) is 12.1. The lowest BCUT2D eigenvalue weighted by Crippen LogP contribution is -2.42. The summed E-state index contributed by atoms with van der Waals surface area (Å²) in [4.78, 5) is 52.9. The minimum atomic E-state index is -0.833. The number of unbranched alkanes of at least 4 members (excludes halogenated alkanes) is 1. The largest absolute Gasteiger partial charge is 0.481 e. The van der Waals surface area contributed by atoms with Crippen molar-refractivity contribution in [3.05, 3.63) is 17.6 Å². The number of aliphatic carboxylic acids is 2. The van der Waals surface area contributed by atoms with E-state index in [0.717, 1.165) is 56.9 Å². The first-order valence-electron chi connectivity index (χ1n) is 12.1. The van der Waals surface area contributed by atoms with Gasteiger partial charge in [0.25, 0.3) is 11.9 Å². The Bertz CT molecular complexity index is 830. The molecule has 1 aliphatic heterocycles. The van der Waals surface area contributed by atoms with Crippen LogP contribution < -0.4 is 16.4 Å².